The van der Waals surface area contributed by atoms with Gasteiger partial charge in [0, 0.05) is 26.2 Å². The SMILES string of the molecule is CC(C)CN(CCN(C)C)Cc1cc(F)cc(C#N)c1. The van der Waals surface area contributed by atoms with Gasteiger partial charge in [-0.25, -0.2) is 4.39 Å². The van der Waals surface area contributed by atoms with E-state index in [9.17, 15) is 4.39 Å². The van der Waals surface area contributed by atoms with E-state index in [0.29, 0.717) is 18.0 Å². The summed E-state index contributed by atoms with van der Waals surface area (Å²) in [5.74, 6) is 0.220. The van der Waals surface area contributed by atoms with Crippen molar-refractivity contribution < 1.29 is 4.39 Å². The van der Waals surface area contributed by atoms with Gasteiger partial charge < -0.3 is 4.90 Å². The van der Waals surface area contributed by atoms with Crippen LogP contribution in [0.1, 0.15) is 25.0 Å². The van der Waals surface area contributed by atoms with Crippen molar-refractivity contribution in [2.75, 3.05) is 33.7 Å². The van der Waals surface area contributed by atoms with Gasteiger partial charge in [-0.05, 0) is 43.8 Å². The maximum atomic E-state index is 13.5. The molecule has 1 aromatic carbocycles. The molecule has 0 aliphatic carbocycles. The Kier molecular flexibility index (Phi) is 6.63. The first-order valence-electron chi connectivity index (χ1n) is 6.97. The van der Waals surface area contributed by atoms with Crippen LogP contribution in [0.5, 0.6) is 0 Å². The van der Waals surface area contributed by atoms with Crippen molar-refractivity contribution in [2.45, 2.75) is 20.4 Å². The summed E-state index contributed by atoms with van der Waals surface area (Å²) in [7, 11) is 4.09. The summed E-state index contributed by atoms with van der Waals surface area (Å²) in [5, 5.41) is 8.91. The zero-order chi connectivity index (χ0) is 15.1. The van der Waals surface area contributed by atoms with Crippen LogP contribution in [0.15, 0.2) is 18.2 Å². The Hall–Kier alpha value is -1.44. The molecule has 0 aromatic heterocycles. The molecule has 0 heterocycles. The van der Waals surface area contributed by atoms with Gasteiger partial charge in [-0.2, -0.15) is 5.26 Å². The summed E-state index contributed by atoms with van der Waals surface area (Å²) in [6.45, 7) is 7.89. The second-order valence-corrected chi connectivity index (χ2v) is 5.89. The highest BCUT2D eigenvalue weighted by Crippen LogP contribution is 2.12. The summed E-state index contributed by atoms with van der Waals surface area (Å²) in [6, 6.07) is 6.57. The second kappa shape index (κ2) is 7.98. The standard InChI is InChI=1S/C16H24FN3/c1-13(2)11-20(6-5-19(3)4)12-15-7-14(10-18)8-16(17)9-15/h7-9,13H,5-6,11-12H2,1-4H3. The average Bonchev–Trinajstić information content (AvgIpc) is 2.34. The van der Waals surface area contributed by atoms with Gasteiger partial charge in [0.15, 0.2) is 0 Å². The molecule has 0 saturated carbocycles. The van der Waals surface area contributed by atoms with Crippen LogP contribution in [-0.2, 0) is 6.54 Å². The molecule has 0 fully saturated rings. The largest absolute Gasteiger partial charge is 0.308 e. The van der Waals surface area contributed by atoms with Gasteiger partial charge in [0.25, 0.3) is 0 Å². The molecule has 0 N–H and O–H groups in total. The quantitative estimate of drug-likeness (QED) is 0.767. The van der Waals surface area contributed by atoms with Gasteiger partial charge in [-0.3, -0.25) is 4.90 Å². The molecule has 3 nitrogen and oxygen atoms in total. The molecule has 1 aromatic rings. The molecule has 0 radical (unpaired) electrons. The molecule has 0 atom stereocenters. The highest BCUT2D eigenvalue weighted by atomic mass is 19.1. The van der Waals surface area contributed by atoms with Crippen molar-refractivity contribution in [1.82, 2.24) is 9.80 Å². The van der Waals surface area contributed by atoms with E-state index in [4.69, 9.17) is 5.26 Å². The normalized spacial score (nSPS) is 11.3. The summed E-state index contributed by atoms with van der Waals surface area (Å²) in [6.07, 6.45) is 0. The highest BCUT2D eigenvalue weighted by Gasteiger charge is 2.10. The molecule has 4 heteroatoms. The van der Waals surface area contributed by atoms with Crippen LogP contribution in [0.3, 0.4) is 0 Å². The number of nitriles is 1. The van der Waals surface area contributed by atoms with Gasteiger partial charge in [-0.1, -0.05) is 13.8 Å². The van der Waals surface area contributed by atoms with E-state index >= 15 is 0 Å². The zero-order valence-electron chi connectivity index (χ0n) is 12.9. The smallest absolute Gasteiger partial charge is 0.124 e. The molecule has 0 bridgehead atoms. The third kappa shape index (κ3) is 6.14. The lowest BCUT2D eigenvalue weighted by Gasteiger charge is -2.26. The lowest BCUT2D eigenvalue weighted by molar-refractivity contribution is 0.211. The van der Waals surface area contributed by atoms with Crippen LogP contribution < -0.4 is 0 Å². The Morgan fingerprint density at radius 1 is 1.20 bits per heavy atom. The fourth-order valence-electron chi connectivity index (χ4n) is 2.16. The van der Waals surface area contributed by atoms with Crippen molar-refractivity contribution in [3.05, 3.63) is 35.1 Å². The molecule has 0 saturated heterocycles. The average molecular weight is 277 g/mol. The van der Waals surface area contributed by atoms with Crippen molar-refractivity contribution >= 4 is 0 Å². The molecular weight excluding hydrogens is 253 g/mol. The van der Waals surface area contributed by atoms with Crippen LogP contribution in [0.25, 0.3) is 0 Å². The number of likely N-dealkylation sites (N-methyl/N-ethyl adjacent to an activating group) is 1. The minimum absolute atomic E-state index is 0.337. The number of halogens is 1. The summed E-state index contributed by atoms with van der Waals surface area (Å²) in [5.41, 5.74) is 1.25. The summed E-state index contributed by atoms with van der Waals surface area (Å²) < 4.78 is 13.5. The number of nitrogens with zero attached hydrogens (tertiary/aromatic N) is 3. The van der Waals surface area contributed by atoms with Crippen LogP contribution in [0.4, 0.5) is 4.39 Å². The molecule has 0 unspecified atom stereocenters. The van der Waals surface area contributed by atoms with E-state index in [1.807, 2.05) is 20.2 Å². The number of hydrogen-bond donors (Lipinski definition) is 0. The van der Waals surface area contributed by atoms with Gasteiger partial charge >= 0.3 is 0 Å². The minimum atomic E-state index is -0.337. The van der Waals surface area contributed by atoms with E-state index in [1.54, 1.807) is 6.07 Å². The van der Waals surface area contributed by atoms with Gasteiger partial charge in [0.1, 0.15) is 5.82 Å². The van der Waals surface area contributed by atoms with Crippen LogP contribution in [0.2, 0.25) is 0 Å². The second-order valence-electron chi connectivity index (χ2n) is 5.89. The fourth-order valence-corrected chi connectivity index (χ4v) is 2.16. The number of rotatable bonds is 7. The van der Waals surface area contributed by atoms with Gasteiger partial charge in [0.2, 0.25) is 0 Å². The molecule has 0 amide bonds. The lowest BCUT2D eigenvalue weighted by Crippen LogP contribution is -2.34. The Labute approximate surface area is 121 Å². The molecular formula is C16H24FN3. The van der Waals surface area contributed by atoms with Crippen LogP contribution in [0, 0.1) is 23.1 Å². The van der Waals surface area contributed by atoms with Crippen molar-refractivity contribution in [2.24, 2.45) is 5.92 Å². The van der Waals surface area contributed by atoms with Crippen LogP contribution >= 0.6 is 0 Å². The van der Waals surface area contributed by atoms with E-state index in [1.165, 1.54) is 12.1 Å². The number of hydrogen-bond acceptors (Lipinski definition) is 3. The Morgan fingerprint density at radius 2 is 1.90 bits per heavy atom. The van der Waals surface area contributed by atoms with Crippen molar-refractivity contribution in [3.8, 4) is 6.07 Å². The first kappa shape index (κ1) is 16.6. The zero-order valence-corrected chi connectivity index (χ0v) is 12.9. The van der Waals surface area contributed by atoms with E-state index in [2.05, 4.69) is 23.6 Å². The molecule has 0 spiro atoms. The third-order valence-corrected chi connectivity index (χ3v) is 2.98. The Balaban J connectivity index is 2.77. The molecule has 0 aliphatic rings. The van der Waals surface area contributed by atoms with Crippen LogP contribution in [-0.4, -0.2) is 43.5 Å². The predicted octanol–water partition coefficient (Wildman–Crippen LogP) is 2.72. The Morgan fingerprint density at radius 3 is 2.45 bits per heavy atom. The van der Waals surface area contributed by atoms with Gasteiger partial charge in [0.05, 0.1) is 11.6 Å². The third-order valence-electron chi connectivity index (χ3n) is 2.98. The van der Waals surface area contributed by atoms with E-state index in [0.717, 1.165) is 25.2 Å². The maximum Gasteiger partial charge on any atom is 0.124 e. The Bertz CT molecular complexity index is 463. The fraction of sp³-hybridized carbons (Fsp3) is 0.562. The molecule has 110 valence electrons. The first-order chi connectivity index (χ1) is 9.40. The summed E-state index contributed by atoms with van der Waals surface area (Å²) in [4.78, 5) is 4.44. The van der Waals surface area contributed by atoms with Crippen molar-refractivity contribution in [1.29, 1.82) is 5.26 Å². The molecule has 1 rings (SSSR count). The monoisotopic (exact) mass is 277 g/mol. The maximum absolute atomic E-state index is 13.5. The highest BCUT2D eigenvalue weighted by molar-refractivity contribution is 5.33. The van der Waals surface area contributed by atoms with E-state index in [-0.39, 0.29) is 5.82 Å². The van der Waals surface area contributed by atoms with Gasteiger partial charge in [-0.15, -0.1) is 0 Å². The van der Waals surface area contributed by atoms with E-state index < -0.39 is 0 Å². The number of benzene rings is 1. The first-order valence-corrected chi connectivity index (χ1v) is 6.97. The predicted molar refractivity (Wildman–Crippen MR) is 79.8 cm³/mol. The summed E-state index contributed by atoms with van der Waals surface area (Å²) >= 11 is 0. The molecule has 20 heavy (non-hydrogen) atoms. The minimum Gasteiger partial charge on any atom is -0.308 e. The molecule has 0 aliphatic heterocycles. The van der Waals surface area contributed by atoms with Crippen molar-refractivity contribution in [3.63, 3.8) is 0 Å². The lowest BCUT2D eigenvalue weighted by atomic mass is 10.1. The topological polar surface area (TPSA) is 30.3 Å².